The number of hydrogen-bond donors (Lipinski definition) is 1. The monoisotopic (exact) mass is 456 g/mol. The molecule has 1 amide bonds. The van der Waals surface area contributed by atoms with Crippen molar-refractivity contribution in [3.8, 4) is 10.4 Å². The van der Waals surface area contributed by atoms with E-state index in [1.165, 1.54) is 17.7 Å². The molecular formula is C25H29FN2O3S. The lowest BCUT2D eigenvalue weighted by Gasteiger charge is -2.39. The van der Waals surface area contributed by atoms with Crippen molar-refractivity contribution in [2.24, 2.45) is 5.92 Å². The molecule has 170 valence electrons. The second kappa shape index (κ2) is 9.55. The normalized spacial score (nSPS) is 18.6. The van der Waals surface area contributed by atoms with Gasteiger partial charge in [0.05, 0.1) is 5.69 Å². The van der Waals surface area contributed by atoms with Gasteiger partial charge in [-0.2, -0.15) is 0 Å². The second-order valence-electron chi connectivity index (χ2n) is 8.90. The van der Waals surface area contributed by atoms with Crippen molar-refractivity contribution in [2.45, 2.75) is 44.6 Å². The molecule has 0 spiro atoms. The first-order valence-electron chi connectivity index (χ1n) is 11.1. The number of benzene rings is 1. The van der Waals surface area contributed by atoms with Gasteiger partial charge in [0.15, 0.2) is 0 Å². The lowest BCUT2D eigenvalue weighted by atomic mass is 9.85. The molecule has 1 saturated heterocycles. The molecule has 2 aromatic rings. The molecule has 2 heterocycles. The minimum atomic E-state index is -1.04. The summed E-state index contributed by atoms with van der Waals surface area (Å²) in [7, 11) is 2.06. The molecule has 4 rings (SSSR count). The number of piperidine rings is 1. The Hall–Kier alpha value is -2.51. The number of amides is 1. The number of likely N-dealkylation sites (tertiary alicyclic amines) is 1. The number of anilines is 1. The van der Waals surface area contributed by atoms with Gasteiger partial charge in [-0.1, -0.05) is 24.3 Å². The molecule has 7 heteroatoms. The second-order valence-corrected chi connectivity index (χ2v) is 9.96. The molecule has 5 nitrogen and oxygen atoms in total. The predicted molar refractivity (Wildman–Crippen MR) is 126 cm³/mol. The molecular weight excluding hydrogens is 427 g/mol. The average molecular weight is 457 g/mol. The standard InChI is InChI=1S/C25H29FN2O3S/c1-16-3-5-18(6-4-16)24(29)28(20-11-13-27(2)14-12-20)21-15-22(32-23(21)25(30)31)17-7-9-19(26)10-8-17/h7-10,15,18,20H,1,3-6,11-14H2,2H3,(H,30,31). The van der Waals surface area contributed by atoms with E-state index >= 15 is 0 Å². The Bertz CT molecular complexity index is 999. The summed E-state index contributed by atoms with van der Waals surface area (Å²) in [5.41, 5.74) is 2.40. The Morgan fingerprint density at radius 1 is 1.12 bits per heavy atom. The van der Waals surface area contributed by atoms with Gasteiger partial charge < -0.3 is 14.9 Å². The van der Waals surface area contributed by atoms with Crippen molar-refractivity contribution in [3.63, 3.8) is 0 Å². The third-order valence-electron chi connectivity index (χ3n) is 6.63. The number of carbonyl (C=O) groups excluding carboxylic acids is 1. The van der Waals surface area contributed by atoms with E-state index in [-0.39, 0.29) is 28.6 Å². The van der Waals surface area contributed by atoms with Crippen LogP contribution in [0.4, 0.5) is 10.1 Å². The molecule has 0 unspecified atom stereocenters. The van der Waals surface area contributed by atoms with Crippen LogP contribution in [-0.2, 0) is 4.79 Å². The zero-order chi connectivity index (χ0) is 22.8. The molecule has 1 aromatic heterocycles. The van der Waals surface area contributed by atoms with Gasteiger partial charge in [-0.05, 0) is 82.4 Å². The third-order valence-corrected chi connectivity index (χ3v) is 7.79. The lowest BCUT2D eigenvalue weighted by Crippen LogP contribution is -2.49. The summed E-state index contributed by atoms with van der Waals surface area (Å²) < 4.78 is 13.4. The zero-order valence-electron chi connectivity index (χ0n) is 18.3. The van der Waals surface area contributed by atoms with Crippen LogP contribution in [0.2, 0.25) is 0 Å². The first-order chi connectivity index (χ1) is 15.3. The van der Waals surface area contributed by atoms with Gasteiger partial charge in [0.25, 0.3) is 0 Å². The van der Waals surface area contributed by atoms with Gasteiger partial charge in [-0.15, -0.1) is 11.3 Å². The van der Waals surface area contributed by atoms with Crippen molar-refractivity contribution >= 4 is 28.9 Å². The largest absolute Gasteiger partial charge is 0.477 e. The maximum absolute atomic E-state index is 13.8. The third kappa shape index (κ3) is 4.79. The van der Waals surface area contributed by atoms with Crippen LogP contribution in [0.25, 0.3) is 10.4 Å². The predicted octanol–water partition coefficient (Wildman–Crippen LogP) is 5.43. The summed E-state index contributed by atoms with van der Waals surface area (Å²) in [5.74, 6) is -1.47. The van der Waals surface area contributed by atoms with E-state index in [4.69, 9.17) is 0 Å². The molecule has 1 aromatic carbocycles. The molecule has 1 N–H and O–H groups in total. The molecule has 0 radical (unpaired) electrons. The zero-order valence-corrected chi connectivity index (χ0v) is 19.2. The van der Waals surface area contributed by atoms with E-state index in [0.29, 0.717) is 5.69 Å². The molecule has 2 fully saturated rings. The number of aromatic carboxylic acids is 1. The van der Waals surface area contributed by atoms with E-state index in [1.807, 2.05) is 0 Å². The van der Waals surface area contributed by atoms with Gasteiger partial charge in [-0.3, -0.25) is 4.79 Å². The highest BCUT2D eigenvalue weighted by Gasteiger charge is 2.36. The van der Waals surface area contributed by atoms with Gasteiger partial charge in [-0.25, -0.2) is 9.18 Å². The van der Waals surface area contributed by atoms with Gasteiger partial charge in [0, 0.05) is 16.8 Å². The van der Waals surface area contributed by atoms with Crippen LogP contribution in [0, 0.1) is 11.7 Å². The quantitative estimate of drug-likeness (QED) is 0.610. The minimum Gasteiger partial charge on any atom is -0.477 e. The maximum atomic E-state index is 13.8. The van der Waals surface area contributed by atoms with Crippen LogP contribution in [-0.4, -0.2) is 48.1 Å². The smallest absolute Gasteiger partial charge is 0.348 e. The van der Waals surface area contributed by atoms with Gasteiger partial charge in [0.2, 0.25) is 5.91 Å². The molecule has 0 atom stereocenters. The Morgan fingerprint density at radius 3 is 2.34 bits per heavy atom. The molecule has 32 heavy (non-hydrogen) atoms. The Labute approximate surface area is 192 Å². The highest BCUT2D eigenvalue weighted by molar-refractivity contribution is 7.18. The van der Waals surface area contributed by atoms with E-state index in [2.05, 4.69) is 18.5 Å². The van der Waals surface area contributed by atoms with E-state index < -0.39 is 5.97 Å². The minimum absolute atomic E-state index is 0.0259. The Morgan fingerprint density at radius 2 is 1.75 bits per heavy atom. The highest BCUT2D eigenvalue weighted by Crippen LogP contribution is 2.41. The number of thiophene rings is 1. The van der Waals surface area contributed by atoms with Crippen LogP contribution in [0.3, 0.4) is 0 Å². The Balaban J connectivity index is 1.74. The molecule has 1 aliphatic heterocycles. The first-order valence-corrected chi connectivity index (χ1v) is 12.0. The number of rotatable bonds is 5. The van der Waals surface area contributed by atoms with E-state index in [0.717, 1.165) is 73.4 Å². The number of allylic oxidation sites excluding steroid dienone is 1. The van der Waals surface area contributed by atoms with Crippen molar-refractivity contribution < 1.29 is 19.1 Å². The van der Waals surface area contributed by atoms with Crippen LogP contribution in [0.15, 0.2) is 42.5 Å². The van der Waals surface area contributed by atoms with Crippen molar-refractivity contribution in [1.82, 2.24) is 4.90 Å². The number of carboxylic acid groups (broad SMARTS) is 1. The van der Waals surface area contributed by atoms with Crippen LogP contribution in [0.1, 0.15) is 48.2 Å². The summed E-state index contributed by atoms with van der Waals surface area (Å²) >= 11 is 1.14. The summed E-state index contributed by atoms with van der Waals surface area (Å²) in [6.07, 6.45) is 4.82. The number of halogens is 1. The van der Waals surface area contributed by atoms with Crippen molar-refractivity contribution in [2.75, 3.05) is 25.0 Å². The summed E-state index contributed by atoms with van der Waals surface area (Å²) in [6, 6.07) is 7.79. The lowest BCUT2D eigenvalue weighted by molar-refractivity contribution is -0.123. The molecule has 1 saturated carbocycles. The molecule has 0 bridgehead atoms. The Kier molecular flexibility index (Phi) is 6.76. The van der Waals surface area contributed by atoms with Crippen molar-refractivity contribution in [1.29, 1.82) is 0 Å². The van der Waals surface area contributed by atoms with Crippen molar-refractivity contribution in [3.05, 3.63) is 53.2 Å². The fraction of sp³-hybridized carbons (Fsp3) is 0.440. The average Bonchev–Trinajstić information content (AvgIpc) is 3.21. The highest BCUT2D eigenvalue weighted by atomic mass is 32.1. The number of carbonyl (C=O) groups is 2. The number of nitrogens with zero attached hydrogens (tertiary/aromatic N) is 2. The fourth-order valence-corrected chi connectivity index (χ4v) is 5.68. The topological polar surface area (TPSA) is 60.9 Å². The maximum Gasteiger partial charge on any atom is 0.348 e. The van der Waals surface area contributed by atoms with Crippen LogP contribution >= 0.6 is 11.3 Å². The molecule has 2 aliphatic rings. The summed E-state index contributed by atoms with van der Waals surface area (Å²) in [6.45, 7) is 5.79. The number of carboxylic acids is 1. The molecule has 1 aliphatic carbocycles. The van der Waals surface area contributed by atoms with E-state index in [9.17, 15) is 19.1 Å². The number of hydrogen-bond acceptors (Lipinski definition) is 4. The van der Waals surface area contributed by atoms with Gasteiger partial charge >= 0.3 is 5.97 Å². The SMILES string of the molecule is C=C1CCC(C(=O)N(c2cc(-c3ccc(F)cc3)sc2C(=O)O)C2CCN(C)CC2)CC1. The summed E-state index contributed by atoms with van der Waals surface area (Å²) in [5, 5.41) is 9.98. The fourth-order valence-electron chi connectivity index (χ4n) is 4.69. The van der Waals surface area contributed by atoms with E-state index in [1.54, 1.807) is 23.1 Å². The van der Waals surface area contributed by atoms with Crippen LogP contribution < -0.4 is 4.90 Å². The van der Waals surface area contributed by atoms with Crippen LogP contribution in [0.5, 0.6) is 0 Å². The van der Waals surface area contributed by atoms with Gasteiger partial charge in [0.1, 0.15) is 10.7 Å². The first kappa shape index (κ1) is 22.7. The summed E-state index contributed by atoms with van der Waals surface area (Å²) in [4.78, 5) is 30.9.